The lowest BCUT2D eigenvalue weighted by atomic mass is 9.97. The van der Waals surface area contributed by atoms with E-state index in [1.54, 1.807) is 20.5 Å². The van der Waals surface area contributed by atoms with E-state index in [1.807, 2.05) is 30.6 Å². The Morgan fingerprint density at radius 3 is 2.31 bits per heavy atom. The molecule has 0 N–H and O–H groups in total. The molecule has 0 unspecified atom stereocenters. The zero-order chi connectivity index (χ0) is 22.2. The average molecular weight is 433 g/mol. The maximum atomic E-state index is 5.88. The molecule has 0 radical (unpaired) electrons. The molecule has 3 heterocycles. The number of nitrogens with zero attached hydrogens (tertiary/aromatic N) is 4. The summed E-state index contributed by atoms with van der Waals surface area (Å²) in [6.45, 7) is 1.94. The molecule has 4 aromatic rings. The van der Waals surface area contributed by atoms with Gasteiger partial charge in [0.2, 0.25) is 5.95 Å². The number of aromatic nitrogens is 2. The summed E-state index contributed by atoms with van der Waals surface area (Å²) in [4.78, 5) is 14.0. The molecule has 166 valence electrons. The van der Waals surface area contributed by atoms with E-state index < -0.39 is 0 Å². The molecule has 1 fully saturated rings. The van der Waals surface area contributed by atoms with E-state index in [9.17, 15) is 0 Å². The Balaban J connectivity index is 1.55. The summed E-state index contributed by atoms with van der Waals surface area (Å²) in [5.74, 6) is 2.15. The molecule has 7 nitrogen and oxygen atoms in total. The van der Waals surface area contributed by atoms with Gasteiger partial charge in [-0.3, -0.25) is 0 Å². The van der Waals surface area contributed by atoms with E-state index in [0.717, 1.165) is 64.7 Å². The number of benzene rings is 2. The van der Waals surface area contributed by atoms with E-state index in [0.29, 0.717) is 17.5 Å². The van der Waals surface area contributed by atoms with Crippen molar-refractivity contribution in [1.29, 1.82) is 0 Å². The van der Waals surface area contributed by atoms with E-state index in [4.69, 9.17) is 23.9 Å². The van der Waals surface area contributed by atoms with Gasteiger partial charge in [0, 0.05) is 48.0 Å². The predicted molar refractivity (Wildman–Crippen MR) is 127 cm³/mol. The van der Waals surface area contributed by atoms with Crippen LogP contribution in [0.25, 0.3) is 32.9 Å². The van der Waals surface area contributed by atoms with Gasteiger partial charge < -0.3 is 23.7 Å². The molecule has 2 aromatic carbocycles. The largest absolute Gasteiger partial charge is 0.493 e. The Kier molecular flexibility index (Phi) is 5.35. The molecule has 0 saturated carbocycles. The minimum Gasteiger partial charge on any atom is -0.493 e. The number of methoxy groups -OCH3 is 2. The van der Waals surface area contributed by atoms with Crippen LogP contribution < -0.4 is 14.4 Å². The van der Waals surface area contributed by atoms with Gasteiger partial charge in [0.15, 0.2) is 11.5 Å². The zero-order valence-electron chi connectivity index (χ0n) is 19.0. The topological polar surface area (TPSA) is 63.9 Å². The standard InChI is InChI=1S/C25H28N4O3/c1-28(2)19-5-8-29(9-6-19)25-26-14-18(15-27-25)23-20-13-22(31-4)21(30-3)12-17(20)11-16-7-10-32-24(16)23/h7,10-15,19H,5-6,8-9H2,1-4H3. The summed E-state index contributed by atoms with van der Waals surface area (Å²) < 4.78 is 16.9. The summed E-state index contributed by atoms with van der Waals surface area (Å²) in [6, 6.07) is 8.68. The minimum atomic E-state index is 0.625. The number of furan rings is 1. The molecule has 0 amide bonds. The Morgan fingerprint density at radius 1 is 0.969 bits per heavy atom. The summed E-state index contributed by atoms with van der Waals surface area (Å²) in [6.07, 6.45) is 7.75. The molecular weight excluding hydrogens is 404 g/mol. The van der Waals surface area contributed by atoms with Crippen molar-refractivity contribution in [2.75, 3.05) is 46.3 Å². The van der Waals surface area contributed by atoms with E-state index >= 15 is 0 Å². The molecule has 5 rings (SSSR count). The number of hydrogen-bond acceptors (Lipinski definition) is 7. The number of fused-ring (bicyclic) bond motifs is 2. The zero-order valence-corrected chi connectivity index (χ0v) is 19.0. The first-order chi connectivity index (χ1) is 15.6. The van der Waals surface area contributed by atoms with Crippen LogP contribution in [-0.2, 0) is 0 Å². The Bertz CT molecular complexity index is 1240. The van der Waals surface area contributed by atoms with Gasteiger partial charge >= 0.3 is 0 Å². The summed E-state index contributed by atoms with van der Waals surface area (Å²) in [5.41, 5.74) is 2.68. The SMILES string of the molecule is COc1cc2cc3ccoc3c(-c3cnc(N4CCC(N(C)C)CC4)nc3)c2cc1OC. The Labute approximate surface area is 187 Å². The van der Waals surface area contributed by atoms with Crippen LogP contribution in [0.2, 0.25) is 0 Å². The van der Waals surface area contributed by atoms with Crippen molar-refractivity contribution in [2.45, 2.75) is 18.9 Å². The van der Waals surface area contributed by atoms with Crippen molar-refractivity contribution in [3.63, 3.8) is 0 Å². The van der Waals surface area contributed by atoms with Crippen LogP contribution in [0.4, 0.5) is 5.95 Å². The molecule has 2 aromatic heterocycles. The van der Waals surface area contributed by atoms with Crippen molar-refractivity contribution in [1.82, 2.24) is 14.9 Å². The molecule has 0 aliphatic carbocycles. The lowest BCUT2D eigenvalue weighted by Crippen LogP contribution is -2.42. The van der Waals surface area contributed by atoms with Crippen molar-refractivity contribution < 1.29 is 13.9 Å². The lowest BCUT2D eigenvalue weighted by molar-refractivity contribution is 0.249. The highest BCUT2D eigenvalue weighted by atomic mass is 16.5. The van der Waals surface area contributed by atoms with Crippen molar-refractivity contribution in [3.8, 4) is 22.6 Å². The van der Waals surface area contributed by atoms with Gasteiger partial charge in [-0.15, -0.1) is 0 Å². The van der Waals surface area contributed by atoms with Crippen LogP contribution in [0.3, 0.4) is 0 Å². The molecule has 1 saturated heterocycles. The summed E-state index contributed by atoms with van der Waals surface area (Å²) in [7, 11) is 7.59. The monoisotopic (exact) mass is 432 g/mol. The highest BCUT2D eigenvalue weighted by Gasteiger charge is 2.23. The molecule has 1 aliphatic heterocycles. The van der Waals surface area contributed by atoms with Crippen LogP contribution in [0, 0.1) is 0 Å². The molecular formula is C25H28N4O3. The second kappa shape index (κ2) is 8.31. The van der Waals surface area contributed by atoms with E-state index in [1.165, 1.54) is 0 Å². The highest BCUT2D eigenvalue weighted by Crippen LogP contribution is 2.41. The number of piperidine rings is 1. The first-order valence-electron chi connectivity index (χ1n) is 10.9. The van der Waals surface area contributed by atoms with Crippen molar-refractivity contribution in [2.24, 2.45) is 0 Å². The van der Waals surface area contributed by atoms with Gasteiger partial charge in [0.25, 0.3) is 0 Å². The maximum Gasteiger partial charge on any atom is 0.225 e. The van der Waals surface area contributed by atoms with E-state index in [-0.39, 0.29) is 0 Å². The average Bonchev–Trinajstić information content (AvgIpc) is 3.30. The predicted octanol–water partition coefficient (Wildman–Crippen LogP) is 4.59. The van der Waals surface area contributed by atoms with Gasteiger partial charge in [0.1, 0.15) is 5.58 Å². The normalized spacial score (nSPS) is 15.1. The van der Waals surface area contributed by atoms with Crippen LogP contribution in [0.15, 0.2) is 47.3 Å². The second-order valence-corrected chi connectivity index (χ2v) is 8.47. The number of rotatable bonds is 5. The maximum absolute atomic E-state index is 5.88. The van der Waals surface area contributed by atoms with Crippen molar-refractivity contribution >= 4 is 27.7 Å². The third-order valence-electron chi connectivity index (χ3n) is 6.46. The fourth-order valence-corrected chi connectivity index (χ4v) is 4.64. The second-order valence-electron chi connectivity index (χ2n) is 8.47. The fourth-order valence-electron chi connectivity index (χ4n) is 4.64. The Hall–Kier alpha value is -3.32. The van der Waals surface area contributed by atoms with Gasteiger partial charge in [-0.05, 0) is 62.0 Å². The summed E-state index contributed by atoms with van der Waals surface area (Å²) in [5, 5.41) is 3.07. The Morgan fingerprint density at radius 2 is 1.66 bits per heavy atom. The molecule has 1 aliphatic rings. The lowest BCUT2D eigenvalue weighted by Gasteiger charge is -2.35. The molecule has 7 heteroatoms. The number of ether oxygens (including phenoxy) is 2. The van der Waals surface area contributed by atoms with Crippen LogP contribution >= 0.6 is 0 Å². The molecule has 0 spiro atoms. The van der Waals surface area contributed by atoms with E-state index in [2.05, 4.69) is 30.0 Å². The number of anilines is 1. The highest BCUT2D eigenvalue weighted by molar-refractivity contribution is 6.11. The summed E-state index contributed by atoms with van der Waals surface area (Å²) >= 11 is 0. The first kappa shape index (κ1) is 20.6. The third-order valence-corrected chi connectivity index (χ3v) is 6.46. The number of hydrogen-bond donors (Lipinski definition) is 0. The minimum absolute atomic E-state index is 0.625. The van der Waals surface area contributed by atoms with Gasteiger partial charge in [0.05, 0.1) is 20.5 Å². The smallest absolute Gasteiger partial charge is 0.225 e. The first-order valence-corrected chi connectivity index (χ1v) is 10.9. The van der Waals surface area contributed by atoms with Gasteiger partial charge in [-0.1, -0.05) is 0 Å². The molecule has 0 bridgehead atoms. The van der Waals surface area contributed by atoms with Crippen molar-refractivity contribution in [3.05, 3.63) is 42.9 Å². The van der Waals surface area contributed by atoms with Gasteiger partial charge in [-0.2, -0.15) is 0 Å². The fraction of sp³-hybridized carbons (Fsp3) is 0.360. The third kappa shape index (κ3) is 3.52. The van der Waals surface area contributed by atoms with Crippen LogP contribution in [-0.4, -0.2) is 62.3 Å². The molecule has 0 atom stereocenters. The molecule has 32 heavy (non-hydrogen) atoms. The quantitative estimate of drug-likeness (QED) is 0.457. The van der Waals surface area contributed by atoms with Crippen LogP contribution in [0.5, 0.6) is 11.5 Å². The van der Waals surface area contributed by atoms with Crippen LogP contribution in [0.1, 0.15) is 12.8 Å². The van der Waals surface area contributed by atoms with Gasteiger partial charge in [-0.25, -0.2) is 9.97 Å².